The molecule has 2 unspecified atom stereocenters. The molecule has 0 amide bonds. The van der Waals surface area contributed by atoms with Gasteiger partial charge in [0, 0.05) is 12.6 Å². The van der Waals surface area contributed by atoms with Crippen molar-refractivity contribution in [1.82, 2.24) is 4.90 Å². The van der Waals surface area contributed by atoms with Gasteiger partial charge < -0.3 is 10.0 Å². The minimum absolute atomic E-state index is 0.0204. The fourth-order valence-corrected chi connectivity index (χ4v) is 1.05. The van der Waals surface area contributed by atoms with E-state index < -0.39 is 12.3 Å². The predicted octanol–water partition coefficient (Wildman–Crippen LogP) is 1.89. The number of hydrogen-bond donors (Lipinski definition) is 1. The molecule has 86 valence electrons. The zero-order valence-electron chi connectivity index (χ0n) is 8.97. The maximum Gasteiger partial charge on any atom is 0.415 e. The smallest absolute Gasteiger partial charge is 0.382 e. The van der Waals surface area contributed by atoms with E-state index in [4.69, 9.17) is 5.11 Å². The van der Waals surface area contributed by atoms with E-state index in [-0.39, 0.29) is 18.5 Å². The Balaban J connectivity index is 4.12. The largest absolute Gasteiger partial charge is 0.415 e. The van der Waals surface area contributed by atoms with Gasteiger partial charge in [0.1, 0.15) is 0 Å². The maximum atomic E-state index is 12.0. The number of aliphatic hydroxyl groups excluding tert-OH is 1. The number of halogens is 3. The quantitative estimate of drug-likeness (QED) is 0.770. The summed E-state index contributed by atoms with van der Waals surface area (Å²) in [6, 6.07) is 0.0204. The molecule has 2 nitrogen and oxygen atoms in total. The molecule has 1 N–H and O–H groups in total. The highest BCUT2D eigenvalue weighted by molar-refractivity contribution is 4.74. The van der Waals surface area contributed by atoms with Crippen LogP contribution >= 0.6 is 0 Å². The summed E-state index contributed by atoms with van der Waals surface area (Å²) in [7, 11) is 1.58. The van der Waals surface area contributed by atoms with Crippen molar-refractivity contribution in [2.75, 3.05) is 13.6 Å². The summed E-state index contributed by atoms with van der Waals surface area (Å²) in [5.74, 6) is 0.264. The van der Waals surface area contributed by atoms with Crippen molar-refractivity contribution in [2.24, 2.45) is 5.92 Å². The monoisotopic (exact) mass is 213 g/mol. The van der Waals surface area contributed by atoms with E-state index in [1.807, 2.05) is 20.8 Å². The molecule has 0 radical (unpaired) electrons. The molecule has 0 bridgehead atoms. The molecule has 0 aliphatic rings. The van der Waals surface area contributed by atoms with Gasteiger partial charge in [-0.05, 0) is 19.9 Å². The summed E-state index contributed by atoms with van der Waals surface area (Å²) < 4.78 is 36.0. The van der Waals surface area contributed by atoms with Crippen LogP contribution in [-0.4, -0.2) is 41.9 Å². The lowest BCUT2D eigenvalue weighted by molar-refractivity contribution is -0.208. The Morgan fingerprint density at radius 3 is 1.93 bits per heavy atom. The zero-order valence-corrected chi connectivity index (χ0v) is 8.97. The average molecular weight is 213 g/mol. The third-order valence-corrected chi connectivity index (χ3v) is 2.50. The number of alkyl halides is 3. The molecule has 0 spiro atoms. The van der Waals surface area contributed by atoms with E-state index in [1.165, 1.54) is 4.90 Å². The summed E-state index contributed by atoms with van der Waals surface area (Å²) in [6.07, 6.45) is -6.78. The van der Waals surface area contributed by atoms with E-state index in [2.05, 4.69) is 0 Å². The van der Waals surface area contributed by atoms with Crippen molar-refractivity contribution in [3.8, 4) is 0 Å². The zero-order chi connectivity index (χ0) is 11.5. The number of nitrogens with zero attached hydrogens (tertiary/aromatic N) is 1. The highest BCUT2D eigenvalue weighted by Crippen LogP contribution is 2.21. The van der Waals surface area contributed by atoms with E-state index in [0.717, 1.165) is 0 Å². The summed E-state index contributed by atoms with van der Waals surface area (Å²) >= 11 is 0. The number of likely N-dealkylation sites (N-methyl/N-ethyl adjacent to an activating group) is 1. The van der Waals surface area contributed by atoms with Gasteiger partial charge in [-0.2, -0.15) is 13.2 Å². The molecule has 5 heteroatoms. The highest BCUT2D eigenvalue weighted by atomic mass is 19.4. The fourth-order valence-electron chi connectivity index (χ4n) is 1.05. The second-order valence-corrected chi connectivity index (χ2v) is 3.98. The SMILES string of the molecule is CC(C)C(C)N(C)CC(O)C(F)(F)F. The van der Waals surface area contributed by atoms with Gasteiger partial charge in [-0.3, -0.25) is 0 Å². The predicted molar refractivity (Wildman–Crippen MR) is 49.0 cm³/mol. The maximum absolute atomic E-state index is 12.0. The molecule has 0 rings (SSSR count). The lowest BCUT2D eigenvalue weighted by atomic mass is 10.0. The van der Waals surface area contributed by atoms with E-state index in [1.54, 1.807) is 7.05 Å². The second-order valence-electron chi connectivity index (χ2n) is 3.98. The Kier molecular flexibility index (Phi) is 4.88. The van der Waals surface area contributed by atoms with Crippen LogP contribution < -0.4 is 0 Å². The number of rotatable bonds is 4. The van der Waals surface area contributed by atoms with Crippen molar-refractivity contribution in [1.29, 1.82) is 0 Å². The topological polar surface area (TPSA) is 23.5 Å². The third kappa shape index (κ3) is 4.28. The molecule has 0 saturated carbocycles. The van der Waals surface area contributed by atoms with Crippen molar-refractivity contribution in [3.63, 3.8) is 0 Å². The summed E-state index contributed by atoms with van der Waals surface area (Å²) in [4.78, 5) is 1.52. The van der Waals surface area contributed by atoms with Crippen molar-refractivity contribution < 1.29 is 18.3 Å². The molecule has 0 aliphatic carbocycles. The average Bonchev–Trinajstić information content (AvgIpc) is 2.00. The minimum Gasteiger partial charge on any atom is -0.382 e. The van der Waals surface area contributed by atoms with Gasteiger partial charge in [0.2, 0.25) is 0 Å². The molecule has 0 saturated heterocycles. The van der Waals surface area contributed by atoms with Crippen LogP contribution in [0.1, 0.15) is 20.8 Å². The molecule has 14 heavy (non-hydrogen) atoms. The van der Waals surface area contributed by atoms with Gasteiger partial charge in [-0.25, -0.2) is 0 Å². The van der Waals surface area contributed by atoms with Crippen molar-refractivity contribution in [2.45, 2.75) is 39.1 Å². The Morgan fingerprint density at radius 2 is 1.64 bits per heavy atom. The van der Waals surface area contributed by atoms with Crippen LogP contribution in [0.15, 0.2) is 0 Å². The van der Waals surface area contributed by atoms with Gasteiger partial charge >= 0.3 is 6.18 Å². The van der Waals surface area contributed by atoms with Crippen molar-refractivity contribution in [3.05, 3.63) is 0 Å². The van der Waals surface area contributed by atoms with Crippen LogP contribution in [0, 0.1) is 5.92 Å². The Labute approximate surface area is 82.7 Å². The number of hydrogen-bond acceptors (Lipinski definition) is 2. The van der Waals surface area contributed by atoms with Crippen LogP contribution in [0.5, 0.6) is 0 Å². The van der Waals surface area contributed by atoms with Crippen LogP contribution in [0.4, 0.5) is 13.2 Å². The first-order chi connectivity index (χ1) is 6.16. The van der Waals surface area contributed by atoms with Gasteiger partial charge in [0.05, 0.1) is 0 Å². The van der Waals surface area contributed by atoms with Crippen LogP contribution in [0.25, 0.3) is 0 Å². The second kappa shape index (κ2) is 4.98. The molecule has 0 aromatic rings. The Bertz CT molecular complexity index is 170. The molecular formula is C9H18F3NO. The Morgan fingerprint density at radius 1 is 1.21 bits per heavy atom. The molecule has 0 aromatic heterocycles. The summed E-state index contributed by atoms with van der Waals surface area (Å²) in [5.41, 5.74) is 0. The first kappa shape index (κ1) is 13.7. The van der Waals surface area contributed by atoms with Gasteiger partial charge in [-0.1, -0.05) is 13.8 Å². The molecule has 0 fully saturated rings. The third-order valence-electron chi connectivity index (χ3n) is 2.50. The number of aliphatic hydroxyl groups is 1. The summed E-state index contributed by atoms with van der Waals surface area (Å²) in [6.45, 7) is 5.33. The van der Waals surface area contributed by atoms with E-state index >= 15 is 0 Å². The van der Waals surface area contributed by atoms with Crippen molar-refractivity contribution >= 4 is 0 Å². The first-order valence-electron chi connectivity index (χ1n) is 4.61. The molecule has 2 atom stereocenters. The van der Waals surface area contributed by atoms with Gasteiger partial charge in [0.15, 0.2) is 6.10 Å². The summed E-state index contributed by atoms with van der Waals surface area (Å²) in [5, 5.41) is 8.82. The molecular weight excluding hydrogens is 195 g/mol. The molecule has 0 aliphatic heterocycles. The van der Waals surface area contributed by atoms with E-state index in [0.29, 0.717) is 0 Å². The standard InChI is InChI=1S/C9H18F3NO/c1-6(2)7(3)13(4)5-8(14)9(10,11)12/h6-8,14H,5H2,1-4H3. The highest BCUT2D eigenvalue weighted by Gasteiger charge is 2.39. The van der Waals surface area contributed by atoms with Crippen LogP contribution in [0.2, 0.25) is 0 Å². The van der Waals surface area contributed by atoms with Crippen LogP contribution in [-0.2, 0) is 0 Å². The van der Waals surface area contributed by atoms with Gasteiger partial charge in [-0.15, -0.1) is 0 Å². The lowest BCUT2D eigenvalue weighted by Gasteiger charge is -2.30. The van der Waals surface area contributed by atoms with Gasteiger partial charge in [0.25, 0.3) is 0 Å². The van der Waals surface area contributed by atoms with E-state index in [9.17, 15) is 13.2 Å². The molecule has 0 heterocycles. The Hall–Kier alpha value is -0.290. The normalized spacial score (nSPS) is 17.6. The minimum atomic E-state index is -4.52. The van der Waals surface area contributed by atoms with Crippen LogP contribution in [0.3, 0.4) is 0 Å². The fraction of sp³-hybridized carbons (Fsp3) is 1.00. The lowest BCUT2D eigenvalue weighted by Crippen LogP contribution is -2.44. The first-order valence-corrected chi connectivity index (χ1v) is 4.61. The molecule has 0 aromatic carbocycles.